The van der Waals surface area contributed by atoms with Crippen LogP contribution in [0.4, 0.5) is 11.8 Å². The van der Waals surface area contributed by atoms with Crippen LogP contribution >= 0.6 is 27.5 Å². The van der Waals surface area contributed by atoms with Crippen LogP contribution in [0.25, 0.3) is 15.9 Å². The molecule has 1 aliphatic heterocycles. The summed E-state index contributed by atoms with van der Waals surface area (Å²) >= 11 is 9.46. The van der Waals surface area contributed by atoms with Gasteiger partial charge in [-0.1, -0.05) is 35.3 Å². The summed E-state index contributed by atoms with van der Waals surface area (Å²) in [6.45, 7) is 8.77. The zero-order valence-corrected chi connectivity index (χ0v) is 16.0. The molecule has 1 aromatic carbocycles. The molecule has 132 valence electrons. The number of halogens is 2. The molecule has 0 aliphatic carbocycles. The average molecular weight is 433 g/mol. The zero-order valence-electron chi connectivity index (χ0n) is 13.7. The highest BCUT2D eigenvalue weighted by Crippen LogP contribution is 2.35. The summed E-state index contributed by atoms with van der Waals surface area (Å²) < 4.78 is 0.616. The lowest BCUT2D eigenvalue weighted by atomic mass is 9.82. The van der Waals surface area contributed by atoms with Crippen LogP contribution in [0.1, 0.15) is 18.4 Å². The molecule has 3 N–H and O–H groups in total. The van der Waals surface area contributed by atoms with Gasteiger partial charge in [0, 0.05) is 23.7 Å². The number of hydrogen-bond donors (Lipinski definition) is 2. The number of aromatic amines is 1. The SMILES string of the molecule is [C-]#[N+]c1nc(N2CCC(N)(c3cccc(Cl)c3)CC2)nc2n[nH]c(Br)c12. The van der Waals surface area contributed by atoms with Gasteiger partial charge in [-0.15, -0.1) is 0 Å². The maximum Gasteiger partial charge on any atom is 0.324 e. The first-order chi connectivity index (χ1) is 12.5. The van der Waals surface area contributed by atoms with Crippen molar-refractivity contribution in [3.63, 3.8) is 0 Å². The molecule has 7 nitrogen and oxygen atoms in total. The molecule has 2 aromatic heterocycles. The number of rotatable bonds is 2. The van der Waals surface area contributed by atoms with Gasteiger partial charge >= 0.3 is 5.95 Å². The molecule has 1 saturated heterocycles. The summed E-state index contributed by atoms with van der Waals surface area (Å²) in [7, 11) is 0. The summed E-state index contributed by atoms with van der Waals surface area (Å²) in [5.41, 5.74) is 7.73. The number of piperidine rings is 1. The van der Waals surface area contributed by atoms with E-state index in [1.54, 1.807) is 0 Å². The van der Waals surface area contributed by atoms with Gasteiger partial charge in [0.2, 0.25) is 0 Å². The van der Waals surface area contributed by atoms with Crippen molar-refractivity contribution in [3.05, 3.63) is 50.9 Å². The topological polar surface area (TPSA) is 88.1 Å². The van der Waals surface area contributed by atoms with Crippen LogP contribution in [-0.4, -0.2) is 33.3 Å². The Morgan fingerprint density at radius 2 is 2.08 bits per heavy atom. The number of hydrogen-bond acceptors (Lipinski definition) is 5. The Hall–Kier alpha value is -2.21. The van der Waals surface area contributed by atoms with Crippen molar-refractivity contribution >= 4 is 50.3 Å². The lowest BCUT2D eigenvalue weighted by Gasteiger charge is -2.38. The monoisotopic (exact) mass is 431 g/mol. The number of aromatic nitrogens is 4. The van der Waals surface area contributed by atoms with Gasteiger partial charge in [0.15, 0.2) is 5.65 Å². The van der Waals surface area contributed by atoms with Gasteiger partial charge in [0.05, 0.1) is 5.39 Å². The first kappa shape index (κ1) is 17.2. The Kier molecular flexibility index (Phi) is 4.31. The van der Waals surface area contributed by atoms with Crippen molar-refractivity contribution in [3.8, 4) is 0 Å². The van der Waals surface area contributed by atoms with E-state index in [-0.39, 0.29) is 5.82 Å². The van der Waals surface area contributed by atoms with Crippen molar-refractivity contribution in [2.24, 2.45) is 5.73 Å². The predicted molar refractivity (Wildman–Crippen MR) is 104 cm³/mol. The molecule has 0 atom stereocenters. The van der Waals surface area contributed by atoms with Gasteiger partial charge in [0.1, 0.15) is 4.60 Å². The van der Waals surface area contributed by atoms with E-state index in [1.807, 2.05) is 29.2 Å². The molecule has 3 heterocycles. The van der Waals surface area contributed by atoms with Crippen LogP contribution in [0, 0.1) is 6.57 Å². The molecule has 1 aliphatic rings. The van der Waals surface area contributed by atoms with Crippen molar-refractivity contribution in [2.75, 3.05) is 18.0 Å². The molecule has 0 radical (unpaired) electrons. The second-order valence-electron chi connectivity index (χ2n) is 6.35. The van der Waals surface area contributed by atoms with Crippen LogP contribution in [-0.2, 0) is 5.54 Å². The highest BCUT2D eigenvalue weighted by molar-refractivity contribution is 9.10. The molecule has 9 heteroatoms. The Morgan fingerprint density at radius 3 is 2.77 bits per heavy atom. The summed E-state index contributed by atoms with van der Waals surface area (Å²) in [5, 5.41) is 8.22. The second-order valence-corrected chi connectivity index (χ2v) is 7.58. The minimum atomic E-state index is -0.427. The summed E-state index contributed by atoms with van der Waals surface area (Å²) in [6.07, 6.45) is 1.48. The number of anilines is 1. The number of benzene rings is 1. The molecule has 26 heavy (non-hydrogen) atoms. The van der Waals surface area contributed by atoms with Crippen LogP contribution in [0.15, 0.2) is 28.9 Å². The Morgan fingerprint density at radius 1 is 1.31 bits per heavy atom. The van der Waals surface area contributed by atoms with Gasteiger partial charge in [0.25, 0.3) is 5.82 Å². The molecule has 0 unspecified atom stereocenters. The third kappa shape index (κ3) is 2.92. The van der Waals surface area contributed by atoms with Gasteiger partial charge in [-0.25, -0.2) is 0 Å². The van der Waals surface area contributed by atoms with Gasteiger partial charge in [-0.3, -0.25) is 5.10 Å². The lowest BCUT2D eigenvalue weighted by molar-refractivity contribution is 0.340. The summed E-state index contributed by atoms with van der Waals surface area (Å²) in [5.74, 6) is 0.792. The lowest BCUT2D eigenvalue weighted by Crippen LogP contribution is -2.48. The van der Waals surface area contributed by atoms with Crippen LogP contribution in [0.3, 0.4) is 0 Å². The fourth-order valence-corrected chi connectivity index (χ4v) is 3.91. The van der Waals surface area contributed by atoms with Crippen LogP contribution < -0.4 is 10.6 Å². The molecule has 0 saturated carbocycles. The highest BCUT2D eigenvalue weighted by atomic mass is 79.9. The van der Waals surface area contributed by atoms with Gasteiger partial charge in [-0.05, 0) is 46.5 Å². The quantitative estimate of drug-likeness (QED) is 0.602. The summed E-state index contributed by atoms with van der Waals surface area (Å²) in [6, 6.07) is 7.72. The van der Waals surface area contributed by atoms with Crippen LogP contribution in [0.2, 0.25) is 5.02 Å². The standard InChI is InChI=1S/C17H15BrClN7/c1-21-14-12-13(18)24-25-15(12)23-16(22-14)26-7-5-17(20,6-8-26)10-3-2-4-11(19)9-10/h2-4,9H,5-8,20H2,(H,22,23,24,25). The maximum atomic E-state index is 7.39. The van der Waals surface area contributed by atoms with Crippen LogP contribution in [0.5, 0.6) is 0 Å². The van der Waals surface area contributed by atoms with E-state index in [0.29, 0.717) is 39.7 Å². The molecule has 4 rings (SSSR count). The van der Waals surface area contributed by atoms with Gasteiger partial charge < -0.3 is 15.5 Å². The Bertz CT molecular complexity index is 1020. The number of fused-ring (bicyclic) bond motifs is 1. The molecule has 0 spiro atoms. The molecule has 0 amide bonds. The largest absolute Gasteiger partial charge is 0.360 e. The van der Waals surface area contributed by atoms with Crippen molar-refractivity contribution in [1.82, 2.24) is 20.2 Å². The van der Waals surface area contributed by atoms with Crippen molar-refractivity contribution in [1.29, 1.82) is 0 Å². The summed E-state index contributed by atoms with van der Waals surface area (Å²) in [4.78, 5) is 14.5. The fourth-order valence-electron chi connectivity index (χ4n) is 3.28. The van der Waals surface area contributed by atoms with E-state index in [0.717, 1.165) is 18.4 Å². The molecular formula is C17H15BrClN7. The zero-order chi connectivity index (χ0) is 18.3. The third-order valence-corrected chi connectivity index (χ3v) is 5.59. The highest BCUT2D eigenvalue weighted by Gasteiger charge is 2.34. The first-order valence-electron chi connectivity index (χ1n) is 8.09. The second kappa shape index (κ2) is 6.50. The number of nitrogens with one attached hydrogen (secondary N) is 1. The fraction of sp³-hybridized carbons (Fsp3) is 0.294. The average Bonchev–Trinajstić information content (AvgIpc) is 3.03. The molecule has 0 bridgehead atoms. The number of H-pyrrole nitrogens is 1. The van der Waals surface area contributed by atoms with E-state index in [4.69, 9.17) is 23.9 Å². The molecule has 1 fully saturated rings. The smallest absolute Gasteiger partial charge is 0.324 e. The minimum Gasteiger partial charge on any atom is -0.360 e. The third-order valence-electron chi connectivity index (χ3n) is 4.78. The Labute approximate surface area is 163 Å². The normalized spacial score (nSPS) is 16.6. The van der Waals surface area contributed by atoms with E-state index < -0.39 is 5.54 Å². The van der Waals surface area contributed by atoms with E-state index in [1.165, 1.54) is 0 Å². The number of nitrogens with zero attached hydrogens (tertiary/aromatic N) is 5. The Balaban J connectivity index is 1.60. The van der Waals surface area contributed by atoms with E-state index in [2.05, 4.69) is 40.9 Å². The molecular weight excluding hydrogens is 418 g/mol. The first-order valence-corrected chi connectivity index (χ1v) is 9.26. The van der Waals surface area contributed by atoms with Crippen molar-refractivity contribution in [2.45, 2.75) is 18.4 Å². The van der Waals surface area contributed by atoms with E-state index in [9.17, 15) is 0 Å². The maximum absolute atomic E-state index is 7.39. The minimum absolute atomic E-state index is 0.282. The van der Waals surface area contributed by atoms with Gasteiger partial charge in [-0.2, -0.15) is 10.1 Å². The molecule has 3 aromatic rings. The predicted octanol–water partition coefficient (Wildman–Crippen LogP) is 3.77. The van der Waals surface area contributed by atoms with Crippen molar-refractivity contribution < 1.29 is 0 Å². The van der Waals surface area contributed by atoms with E-state index >= 15 is 0 Å². The number of nitrogens with two attached hydrogens (primary N) is 1.